The molecule has 0 radical (unpaired) electrons. The van der Waals surface area contributed by atoms with Crippen molar-refractivity contribution < 1.29 is 4.74 Å². The van der Waals surface area contributed by atoms with E-state index >= 15 is 0 Å². The summed E-state index contributed by atoms with van der Waals surface area (Å²) in [4.78, 5) is 6.70. The van der Waals surface area contributed by atoms with Crippen molar-refractivity contribution in [1.82, 2.24) is 15.5 Å². The van der Waals surface area contributed by atoms with Crippen LogP contribution in [0.5, 0.6) is 0 Å². The minimum atomic E-state index is 0.120. The van der Waals surface area contributed by atoms with Crippen molar-refractivity contribution in [2.45, 2.75) is 39.7 Å². The van der Waals surface area contributed by atoms with Crippen molar-refractivity contribution in [1.29, 1.82) is 0 Å². The summed E-state index contributed by atoms with van der Waals surface area (Å²) in [7, 11) is 5.79. The zero-order chi connectivity index (χ0) is 15.9. The zero-order valence-corrected chi connectivity index (χ0v) is 14.7. The summed E-state index contributed by atoms with van der Waals surface area (Å²) in [5.41, 5.74) is 0.120. The minimum Gasteiger partial charge on any atom is -0.379 e. The number of aliphatic imine (C=N–C) groups is 1. The average Bonchev–Trinajstić information content (AvgIpc) is 2.43. The molecule has 0 aromatic heterocycles. The molecule has 5 heteroatoms. The van der Waals surface area contributed by atoms with E-state index in [2.05, 4.69) is 48.3 Å². The van der Waals surface area contributed by atoms with Gasteiger partial charge in [-0.15, -0.1) is 0 Å². The largest absolute Gasteiger partial charge is 0.379 e. The van der Waals surface area contributed by atoms with Gasteiger partial charge in [0.2, 0.25) is 0 Å². The average molecular weight is 298 g/mol. The Bertz CT molecular complexity index is 317. The van der Waals surface area contributed by atoms with Crippen LogP contribution in [0.4, 0.5) is 0 Å². The Balaban J connectivity index is 2.32. The van der Waals surface area contributed by atoms with Gasteiger partial charge in [-0.25, -0.2) is 0 Å². The first-order valence-corrected chi connectivity index (χ1v) is 8.02. The SMILES string of the molecule is CN=C(NCC1CCN(C)CC1)NCC(OC)C(C)(C)C. The van der Waals surface area contributed by atoms with Crippen molar-refractivity contribution in [3.8, 4) is 0 Å². The van der Waals surface area contributed by atoms with E-state index in [-0.39, 0.29) is 11.5 Å². The van der Waals surface area contributed by atoms with E-state index in [9.17, 15) is 0 Å². The van der Waals surface area contributed by atoms with Gasteiger partial charge in [-0.1, -0.05) is 20.8 Å². The summed E-state index contributed by atoms with van der Waals surface area (Å²) in [6, 6.07) is 0. The monoisotopic (exact) mass is 298 g/mol. The first-order valence-electron chi connectivity index (χ1n) is 8.02. The highest BCUT2D eigenvalue weighted by atomic mass is 16.5. The standard InChI is InChI=1S/C16H34N4O/c1-16(2,3)14(21-6)12-19-15(17-4)18-11-13-7-9-20(5)10-8-13/h13-14H,7-12H2,1-6H3,(H2,17,18,19). The second-order valence-corrected chi connectivity index (χ2v) is 7.17. The lowest BCUT2D eigenvalue weighted by Gasteiger charge is -2.31. The smallest absolute Gasteiger partial charge is 0.191 e. The molecule has 1 rings (SSSR count). The summed E-state index contributed by atoms with van der Waals surface area (Å²) in [6.45, 7) is 10.8. The molecule has 1 heterocycles. The summed E-state index contributed by atoms with van der Waals surface area (Å²) in [5.74, 6) is 1.63. The molecule has 0 bridgehead atoms. The first-order chi connectivity index (χ1) is 9.86. The Labute approximate surface area is 130 Å². The van der Waals surface area contributed by atoms with E-state index in [1.165, 1.54) is 25.9 Å². The molecule has 0 aliphatic carbocycles. The van der Waals surface area contributed by atoms with Gasteiger partial charge in [-0.3, -0.25) is 4.99 Å². The quantitative estimate of drug-likeness (QED) is 0.597. The number of rotatable bonds is 5. The Morgan fingerprint density at radius 1 is 1.29 bits per heavy atom. The van der Waals surface area contributed by atoms with Gasteiger partial charge in [0.05, 0.1) is 6.10 Å². The molecular formula is C16H34N4O. The predicted octanol–water partition coefficient (Wildman–Crippen LogP) is 1.55. The molecule has 0 saturated carbocycles. The van der Waals surface area contributed by atoms with Gasteiger partial charge in [0.25, 0.3) is 0 Å². The topological polar surface area (TPSA) is 48.9 Å². The van der Waals surface area contributed by atoms with E-state index in [1.807, 2.05) is 7.05 Å². The maximum absolute atomic E-state index is 5.57. The second-order valence-electron chi connectivity index (χ2n) is 7.17. The van der Waals surface area contributed by atoms with E-state index in [0.717, 1.165) is 25.0 Å². The lowest BCUT2D eigenvalue weighted by atomic mass is 9.89. The van der Waals surface area contributed by atoms with Crippen LogP contribution < -0.4 is 10.6 Å². The molecule has 0 spiro atoms. The molecule has 1 saturated heterocycles. The molecular weight excluding hydrogens is 264 g/mol. The van der Waals surface area contributed by atoms with Gasteiger partial charge in [0.1, 0.15) is 0 Å². The maximum Gasteiger partial charge on any atom is 0.191 e. The van der Waals surface area contributed by atoms with Crippen LogP contribution in [0.1, 0.15) is 33.6 Å². The van der Waals surface area contributed by atoms with Crippen LogP contribution in [-0.4, -0.2) is 64.3 Å². The molecule has 1 fully saturated rings. The van der Waals surface area contributed by atoms with E-state index < -0.39 is 0 Å². The van der Waals surface area contributed by atoms with Crippen LogP contribution in [0.3, 0.4) is 0 Å². The molecule has 0 aromatic carbocycles. The van der Waals surface area contributed by atoms with Gasteiger partial charge >= 0.3 is 0 Å². The van der Waals surface area contributed by atoms with Gasteiger partial charge < -0.3 is 20.3 Å². The molecule has 0 aromatic rings. The van der Waals surface area contributed by atoms with Crippen molar-refractivity contribution in [3.63, 3.8) is 0 Å². The van der Waals surface area contributed by atoms with Crippen molar-refractivity contribution in [2.24, 2.45) is 16.3 Å². The molecule has 124 valence electrons. The molecule has 1 aliphatic heterocycles. The zero-order valence-electron chi connectivity index (χ0n) is 14.7. The third-order valence-corrected chi connectivity index (χ3v) is 4.33. The molecule has 21 heavy (non-hydrogen) atoms. The lowest BCUT2D eigenvalue weighted by molar-refractivity contribution is 0.0205. The number of nitrogens with one attached hydrogen (secondary N) is 2. The number of hydrogen-bond acceptors (Lipinski definition) is 3. The molecule has 1 unspecified atom stereocenters. The summed E-state index contributed by atoms with van der Waals surface area (Å²) in [5, 5.41) is 6.83. The number of hydrogen-bond donors (Lipinski definition) is 2. The molecule has 2 N–H and O–H groups in total. The fourth-order valence-electron chi connectivity index (χ4n) is 2.66. The highest BCUT2D eigenvalue weighted by Gasteiger charge is 2.24. The van der Waals surface area contributed by atoms with Crippen molar-refractivity contribution >= 4 is 5.96 Å². The normalized spacial score (nSPS) is 20.4. The third-order valence-electron chi connectivity index (χ3n) is 4.33. The number of likely N-dealkylation sites (tertiary alicyclic amines) is 1. The van der Waals surface area contributed by atoms with Gasteiger partial charge in [0, 0.05) is 27.2 Å². The van der Waals surface area contributed by atoms with Crippen LogP contribution in [0, 0.1) is 11.3 Å². The van der Waals surface area contributed by atoms with Crippen LogP contribution in [0.15, 0.2) is 4.99 Å². The summed E-state index contributed by atoms with van der Waals surface area (Å²) < 4.78 is 5.57. The van der Waals surface area contributed by atoms with Gasteiger partial charge in [-0.05, 0) is 44.3 Å². The fraction of sp³-hybridized carbons (Fsp3) is 0.938. The number of guanidine groups is 1. The molecule has 5 nitrogen and oxygen atoms in total. The lowest BCUT2D eigenvalue weighted by Crippen LogP contribution is -2.47. The Morgan fingerprint density at radius 2 is 1.90 bits per heavy atom. The number of piperidine rings is 1. The molecule has 1 atom stereocenters. The van der Waals surface area contributed by atoms with Crippen LogP contribution in [0.2, 0.25) is 0 Å². The fourth-order valence-corrected chi connectivity index (χ4v) is 2.66. The highest BCUT2D eigenvalue weighted by Crippen LogP contribution is 2.21. The first kappa shape index (κ1) is 18.2. The second kappa shape index (κ2) is 8.59. The highest BCUT2D eigenvalue weighted by molar-refractivity contribution is 5.79. The molecule has 1 aliphatic rings. The van der Waals surface area contributed by atoms with Gasteiger partial charge in [0.15, 0.2) is 5.96 Å². The Hall–Kier alpha value is -0.810. The van der Waals surface area contributed by atoms with Crippen LogP contribution in [0.25, 0.3) is 0 Å². The number of nitrogens with zero attached hydrogens (tertiary/aromatic N) is 2. The number of methoxy groups -OCH3 is 1. The van der Waals surface area contributed by atoms with E-state index in [1.54, 1.807) is 7.11 Å². The maximum atomic E-state index is 5.57. The Morgan fingerprint density at radius 3 is 2.38 bits per heavy atom. The summed E-state index contributed by atoms with van der Waals surface area (Å²) >= 11 is 0. The van der Waals surface area contributed by atoms with Crippen molar-refractivity contribution in [3.05, 3.63) is 0 Å². The third kappa shape index (κ3) is 6.66. The minimum absolute atomic E-state index is 0.120. The van der Waals surface area contributed by atoms with E-state index in [0.29, 0.717) is 0 Å². The van der Waals surface area contributed by atoms with Crippen LogP contribution >= 0.6 is 0 Å². The molecule has 0 amide bonds. The van der Waals surface area contributed by atoms with Crippen LogP contribution in [-0.2, 0) is 4.74 Å². The summed E-state index contributed by atoms with van der Waals surface area (Å²) in [6.07, 6.45) is 2.70. The Kier molecular flexibility index (Phi) is 7.46. The van der Waals surface area contributed by atoms with E-state index in [4.69, 9.17) is 4.74 Å². The van der Waals surface area contributed by atoms with Crippen molar-refractivity contribution in [2.75, 3.05) is 47.4 Å². The van der Waals surface area contributed by atoms with Gasteiger partial charge in [-0.2, -0.15) is 0 Å². The predicted molar refractivity (Wildman–Crippen MR) is 89.8 cm³/mol. The number of ether oxygens (including phenoxy) is 1.